The zero-order chi connectivity index (χ0) is 35.3. The van der Waals surface area contributed by atoms with Gasteiger partial charge in [0.25, 0.3) is 0 Å². The summed E-state index contributed by atoms with van der Waals surface area (Å²) >= 11 is 1.88. The highest BCUT2D eigenvalue weighted by Crippen LogP contribution is 2.53. The van der Waals surface area contributed by atoms with E-state index in [9.17, 15) is 0 Å². The first-order valence-corrected chi connectivity index (χ1v) is 19.9. The topological polar surface area (TPSA) is 9.23 Å². The number of hydrogen-bond donors (Lipinski definition) is 0. The van der Waals surface area contributed by atoms with E-state index in [1.165, 1.54) is 97.0 Å². The average molecular weight is 707 g/mol. The SMILES string of the molecule is C1=CC2=CC=C(c3c4ccccc4c(-c4cccc(C5=CCC6C(=C5)Oc5c6ccc6ccc7c8ccccc8sc7c56)c4)c4ccccc34)CC2C=C1. The van der Waals surface area contributed by atoms with E-state index in [-0.39, 0.29) is 5.92 Å². The smallest absolute Gasteiger partial charge is 0.140 e. The molecule has 0 fully saturated rings. The fourth-order valence-corrected chi connectivity index (χ4v) is 10.9. The largest absolute Gasteiger partial charge is 0.460 e. The minimum atomic E-state index is 0.238. The molecule has 4 aliphatic rings. The van der Waals surface area contributed by atoms with Gasteiger partial charge in [-0.15, -0.1) is 11.3 Å². The van der Waals surface area contributed by atoms with E-state index in [2.05, 4.69) is 170 Å². The maximum absolute atomic E-state index is 6.92. The molecule has 0 N–H and O–H groups in total. The maximum atomic E-state index is 6.92. The van der Waals surface area contributed by atoms with E-state index in [1.807, 2.05) is 11.3 Å². The molecule has 1 nitrogen and oxygen atoms in total. The molecule has 2 heterocycles. The molecule has 12 rings (SSSR count). The van der Waals surface area contributed by atoms with Crippen LogP contribution in [0.5, 0.6) is 5.75 Å². The number of benzene rings is 7. The summed E-state index contributed by atoms with van der Waals surface area (Å²) in [6, 6.07) is 45.1. The van der Waals surface area contributed by atoms with Crippen molar-refractivity contribution in [2.75, 3.05) is 0 Å². The molecule has 0 bridgehead atoms. The standard InChI is InChI=1S/C52H34OS/c1-2-11-33-28-37(21-20-31(33)10-1)49-42-17-5-3-15-40(42)48(41-16-4-6-18-43(41)49)36-13-9-12-34(29-36)35-24-25-38-44-26-22-32-23-27-45-39-14-7-8-19-47(39)54-52(45)50(32)51(44)53-46(38)30-35/h1-24,26-27,29-30,33,38H,25,28H2. The van der Waals surface area contributed by atoms with Crippen molar-refractivity contribution < 1.29 is 4.74 Å². The van der Waals surface area contributed by atoms with Gasteiger partial charge in [0, 0.05) is 43.0 Å². The molecule has 254 valence electrons. The molecular formula is C52H34OS. The van der Waals surface area contributed by atoms with Crippen LogP contribution in [-0.4, -0.2) is 0 Å². The number of ether oxygens (including phenoxy) is 1. The Bertz CT molecular complexity index is 3080. The molecule has 2 heteroatoms. The Morgan fingerprint density at radius 2 is 1.37 bits per heavy atom. The monoisotopic (exact) mass is 706 g/mol. The molecule has 3 aliphatic carbocycles. The van der Waals surface area contributed by atoms with Gasteiger partial charge < -0.3 is 4.74 Å². The third kappa shape index (κ3) is 4.44. The van der Waals surface area contributed by atoms with E-state index in [0.29, 0.717) is 5.92 Å². The predicted octanol–water partition coefficient (Wildman–Crippen LogP) is 14.5. The van der Waals surface area contributed by atoms with Gasteiger partial charge >= 0.3 is 0 Å². The van der Waals surface area contributed by atoms with Crippen molar-refractivity contribution >= 4 is 75.0 Å². The lowest BCUT2D eigenvalue weighted by atomic mass is 9.78. The second kappa shape index (κ2) is 11.6. The van der Waals surface area contributed by atoms with Crippen LogP contribution < -0.4 is 4.74 Å². The van der Waals surface area contributed by atoms with Crippen LogP contribution in [0, 0.1) is 5.92 Å². The number of thiophene rings is 1. The van der Waals surface area contributed by atoms with Gasteiger partial charge in [0.1, 0.15) is 11.5 Å². The van der Waals surface area contributed by atoms with Crippen molar-refractivity contribution in [1.82, 2.24) is 0 Å². The second-order valence-corrected chi connectivity index (χ2v) is 16.1. The molecule has 7 aromatic carbocycles. The first-order valence-electron chi connectivity index (χ1n) is 19.0. The van der Waals surface area contributed by atoms with Crippen LogP contribution in [0.25, 0.3) is 74.8 Å². The molecular weight excluding hydrogens is 673 g/mol. The highest BCUT2D eigenvalue weighted by atomic mass is 32.1. The molecule has 2 atom stereocenters. The van der Waals surface area contributed by atoms with Crippen molar-refractivity contribution in [3.8, 4) is 16.9 Å². The summed E-state index contributed by atoms with van der Waals surface area (Å²) in [5, 5.41) is 10.3. The Morgan fingerprint density at radius 3 is 2.20 bits per heavy atom. The summed E-state index contributed by atoms with van der Waals surface area (Å²) in [6.45, 7) is 0. The van der Waals surface area contributed by atoms with Crippen LogP contribution in [0.3, 0.4) is 0 Å². The number of rotatable bonds is 3. The van der Waals surface area contributed by atoms with Crippen LogP contribution in [0.1, 0.15) is 35.4 Å². The first kappa shape index (κ1) is 30.3. The Morgan fingerprint density at radius 1 is 0.630 bits per heavy atom. The zero-order valence-corrected chi connectivity index (χ0v) is 30.4. The molecule has 0 saturated carbocycles. The van der Waals surface area contributed by atoms with Gasteiger partial charge in [-0.2, -0.15) is 0 Å². The molecule has 54 heavy (non-hydrogen) atoms. The third-order valence-corrected chi connectivity index (χ3v) is 13.4. The molecule has 1 aromatic heterocycles. The maximum Gasteiger partial charge on any atom is 0.140 e. The summed E-state index contributed by atoms with van der Waals surface area (Å²) in [6.07, 6.45) is 20.3. The third-order valence-electron chi connectivity index (χ3n) is 12.1. The van der Waals surface area contributed by atoms with Gasteiger partial charge in [-0.25, -0.2) is 0 Å². The van der Waals surface area contributed by atoms with Gasteiger partial charge in [0.05, 0.1) is 0 Å². The second-order valence-electron chi connectivity index (χ2n) is 15.1. The lowest BCUT2D eigenvalue weighted by Gasteiger charge is -2.25. The minimum Gasteiger partial charge on any atom is -0.460 e. The predicted molar refractivity (Wildman–Crippen MR) is 230 cm³/mol. The van der Waals surface area contributed by atoms with Gasteiger partial charge in [-0.1, -0.05) is 152 Å². The van der Waals surface area contributed by atoms with E-state index in [4.69, 9.17) is 4.74 Å². The van der Waals surface area contributed by atoms with Crippen molar-refractivity contribution in [3.05, 3.63) is 198 Å². The molecule has 0 amide bonds. The number of allylic oxidation sites excluding steroid dienone is 12. The number of fused-ring (bicyclic) bond motifs is 12. The van der Waals surface area contributed by atoms with E-state index < -0.39 is 0 Å². The van der Waals surface area contributed by atoms with Gasteiger partial charge in [0.2, 0.25) is 0 Å². The Labute approximate surface area is 317 Å². The molecule has 8 aromatic rings. The summed E-state index contributed by atoms with van der Waals surface area (Å²) in [7, 11) is 0. The van der Waals surface area contributed by atoms with Crippen LogP contribution in [-0.2, 0) is 0 Å². The highest BCUT2D eigenvalue weighted by Gasteiger charge is 2.33. The minimum absolute atomic E-state index is 0.238. The van der Waals surface area contributed by atoms with E-state index in [0.717, 1.165) is 24.4 Å². The van der Waals surface area contributed by atoms with Crippen molar-refractivity contribution in [1.29, 1.82) is 0 Å². The van der Waals surface area contributed by atoms with E-state index in [1.54, 1.807) is 0 Å². The van der Waals surface area contributed by atoms with Crippen LogP contribution in [0.15, 0.2) is 181 Å². The molecule has 0 radical (unpaired) electrons. The molecule has 1 aliphatic heterocycles. The Balaban J connectivity index is 0.962. The fraction of sp³-hybridized carbons (Fsp3) is 0.0769. The molecule has 0 spiro atoms. The van der Waals surface area contributed by atoms with Gasteiger partial charge in [-0.3, -0.25) is 0 Å². The number of hydrogen-bond acceptors (Lipinski definition) is 2. The van der Waals surface area contributed by atoms with Crippen LogP contribution in [0.2, 0.25) is 0 Å². The normalized spacial score (nSPS) is 18.7. The fourth-order valence-electron chi connectivity index (χ4n) is 9.63. The van der Waals surface area contributed by atoms with Crippen LogP contribution >= 0.6 is 11.3 Å². The Hall–Kier alpha value is -6.22. The summed E-state index contributed by atoms with van der Waals surface area (Å²) in [5.41, 5.74) is 10.4. The van der Waals surface area contributed by atoms with E-state index >= 15 is 0 Å². The quantitative estimate of drug-likeness (QED) is 0.166. The van der Waals surface area contributed by atoms with Gasteiger partial charge in [0.15, 0.2) is 0 Å². The van der Waals surface area contributed by atoms with Crippen molar-refractivity contribution in [2.45, 2.75) is 18.8 Å². The van der Waals surface area contributed by atoms with Crippen molar-refractivity contribution in [2.24, 2.45) is 5.92 Å². The van der Waals surface area contributed by atoms with Crippen molar-refractivity contribution in [3.63, 3.8) is 0 Å². The average Bonchev–Trinajstić information content (AvgIpc) is 3.81. The first-order chi connectivity index (χ1) is 26.8. The summed E-state index contributed by atoms with van der Waals surface area (Å²) in [5.74, 6) is 2.76. The lowest BCUT2D eigenvalue weighted by Crippen LogP contribution is -2.07. The van der Waals surface area contributed by atoms with Crippen LogP contribution in [0.4, 0.5) is 0 Å². The van der Waals surface area contributed by atoms with Gasteiger partial charge in [-0.05, 0) is 97.0 Å². The lowest BCUT2D eigenvalue weighted by molar-refractivity contribution is 0.430. The molecule has 2 unspecified atom stereocenters. The zero-order valence-electron chi connectivity index (χ0n) is 29.6. The Kier molecular flexibility index (Phi) is 6.52. The summed E-state index contributed by atoms with van der Waals surface area (Å²) < 4.78 is 9.57. The molecule has 0 saturated heterocycles. The summed E-state index contributed by atoms with van der Waals surface area (Å²) in [4.78, 5) is 0. The highest BCUT2D eigenvalue weighted by molar-refractivity contribution is 7.26.